The summed E-state index contributed by atoms with van der Waals surface area (Å²) in [5, 5.41) is 8.14. The zero-order valence-electron chi connectivity index (χ0n) is 11.6. The van der Waals surface area contributed by atoms with Crippen molar-refractivity contribution in [3.05, 3.63) is 60.0 Å². The number of aromatic nitrogens is 4. The highest BCUT2D eigenvalue weighted by molar-refractivity contribution is 5.83. The van der Waals surface area contributed by atoms with E-state index in [1.165, 1.54) is 0 Å². The van der Waals surface area contributed by atoms with Gasteiger partial charge in [0.2, 0.25) is 0 Å². The van der Waals surface area contributed by atoms with Gasteiger partial charge in [0.1, 0.15) is 5.69 Å². The van der Waals surface area contributed by atoms with Gasteiger partial charge in [0, 0.05) is 18.0 Å². The van der Waals surface area contributed by atoms with Crippen molar-refractivity contribution in [1.82, 2.24) is 20.0 Å². The van der Waals surface area contributed by atoms with E-state index in [0.29, 0.717) is 11.4 Å². The summed E-state index contributed by atoms with van der Waals surface area (Å²) in [5.41, 5.74) is 3.96. The van der Waals surface area contributed by atoms with E-state index in [1.807, 2.05) is 36.4 Å². The van der Waals surface area contributed by atoms with Gasteiger partial charge in [-0.15, -0.1) is 5.10 Å². The van der Waals surface area contributed by atoms with E-state index in [1.54, 1.807) is 17.1 Å². The molecule has 0 radical (unpaired) electrons. The monoisotopic (exact) mass is 278 g/mol. The van der Waals surface area contributed by atoms with E-state index in [0.717, 1.165) is 29.5 Å². The molecule has 104 valence electrons. The van der Waals surface area contributed by atoms with E-state index in [4.69, 9.17) is 0 Å². The molecular weight excluding hydrogens is 264 g/mol. The van der Waals surface area contributed by atoms with E-state index >= 15 is 0 Å². The van der Waals surface area contributed by atoms with Gasteiger partial charge in [-0.2, -0.15) is 0 Å². The van der Waals surface area contributed by atoms with Crippen molar-refractivity contribution in [3.8, 4) is 16.9 Å². The standard InChI is InChI=1S/C16H14N4O/c1-2-12-5-3-4-6-15(12)20-16(14(11-21)18-19-20)13-7-9-17-10-8-13/h3-11H,2H2,1H3. The summed E-state index contributed by atoms with van der Waals surface area (Å²) in [4.78, 5) is 15.3. The van der Waals surface area contributed by atoms with Crippen molar-refractivity contribution < 1.29 is 4.79 Å². The van der Waals surface area contributed by atoms with E-state index in [2.05, 4.69) is 22.2 Å². The molecule has 21 heavy (non-hydrogen) atoms. The topological polar surface area (TPSA) is 60.7 Å². The zero-order valence-corrected chi connectivity index (χ0v) is 11.6. The van der Waals surface area contributed by atoms with Gasteiger partial charge in [-0.25, -0.2) is 4.68 Å². The van der Waals surface area contributed by atoms with Crippen LogP contribution in [0.25, 0.3) is 16.9 Å². The summed E-state index contributed by atoms with van der Waals surface area (Å²) >= 11 is 0. The van der Waals surface area contributed by atoms with Crippen molar-refractivity contribution in [2.75, 3.05) is 0 Å². The molecule has 2 aromatic heterocycles. The van der Waals surface area contributed by atoms with Crippen LogP contribution in [0.4, 0.5) is 0 Å². The third-order valence-corrected chi connectivity index (χ3v) is 3.36. The fourth-order valence-corrected chi connectivity index (χ4v) is 2.34. The Morgan fingerprint density at radius 3 is 2.62 bits per heavy atom. The van der Waals surface area contributed by atoms with E-state index in [-0.39, 0.29) is 0 Å². The van der Waals surface area contributed by atoms with Crippen LogP contribution in [0, 0.1) is 0 Å². The first-order chi connectivity index (χ1) is 10.3. The van der Waals surface area contributed by atoms with Crippen molar-refractivity contribution in [1.29, 1.82) is 0 Å². The molecule has 0 aliphatic carbocycles. The van der Waals surface area contributed by atoms with Crippen LogP contribution in [0.5, 0.6) is 0 Å². The van der Waals surface area contributed by atoms with Gasteiger partial charge in [0.05, 0.1) is 5.69 Å². The highest BCUT2D eigenvalue weighted by Crippen LogP contribution is 2.25. The average molecular weight is 278 g/mol. The van der Waals surface area contributed by atoms with Gasteiger partial charge in [0.15, 0.2) is 12.0 Å². The molecule has 0 aliphatic heterocycles. The second-order valence-electron chi connectivity index (χ2n) is 4.57. The highest BCUT2D eigenvalue weighted by atomic mass is 16.1. The number of benzene rings is 1. The lowest BCUT2D eigenvalue weighted by Crippen LogP contribution is -2.03. The fourth-order valence-electron chi connectivity index (χ4n) is 2.34. The minimum atomic E-state index is 0.326. The maximum Gasteiger partial charge on any atom is 0.172 e. The number of para-hydroxylation sites is 1. The van der Waals surface area contributed by atoms with Crippen LogP contribution in [-0.4, -0.2) is 26.3 Å². The number of hydrogen-bond acceptors (Lipinski definition) is 4. The Morgan fingerprint density at radius 2 is 1.90 bits per heavy atom. The average Bonchev–Trinajstić information content (AvgIpc) is 2.99. The van der Waals surface area contributed by atoms with Gasteiger partial charge in [-0.1, -0.05) is 30.3 Å². The maximum atomic E-state index is 11.3. The summed E-state index contributed by atoms with van der Waals surface area (Å²) in [7, 11) is 0. The van der Waals surface area contributed by atoms with Gasteiger partial charge in [0.25, 0.3) is 0 Å². The van der Waals surface area contributed by atoms with Crippen LogP contribution in [-0.2, 0) is 6.42 Å². The zero-order chi connectivity index (χ0) is 14.7. The van der Waals surface area contributed by atoms with Crippen molar-refractivity contribution in [2.24, 2.45) is 0 Å². The smallest absolute Gasteiger partial charge is 0.172 e. The van der Waals surface area contributed by atoms with Crippen LogP contribution in [0.1, 0.15) is 23.0 Å². The lowest BCUT2D eigenvalue weighted by Gasteiger charge is -2.10. The Kier molecular flexibility index (Phi) is 3.55. The fraction of sp³-hybridized carbons (Fsp3) is 0.125. The normalized spacial score (nSPS) is 10.5. The van der Waals surface area contributed by atoms with Gasteiger partial charge >= 0.3 is 0 Å². The van der Waals surface area contributed by atoms with Crippen molar-refractivity contribution >= 4 is 6.29 Å². The predicted molar refractivity (Wildman–Crippen MR) is 79.4 cm³/mol. The molecule has 0 atom stereocenters. The number of carbonyl (C=O) groups excluding carboxylic acids is 1. The molecule has 0 amide bonds. The van der Waals surface area contributed by atoms with Crippen LogP contribution < -0.4 is 0 Å². The molecule has 2 heterocycles. The number of carbonyl (C=O) groups is 1. The van der Waals surface area contributed by atoms with Gasteiger partial charge in [-0.05, 0) is 30.2 Å². The molecule has 0 fully saturated rings. The maximum absolute atomic E-state index is 11.3. The third kappa shape index (κ3) is 2.33. The molecule has 3 aromatic rings. The van der Waals surface area contributed by atoms with Crippen LogP contribution >= 0.6 is 0 Å². The first-order valence-electron chi connectivity index (χ1n) is 6.74. The summed E-state index contributed by atoms with van der Waals surface area (Å²) in [5.74, 6) is 0. The Morgan fingerprint density at radius 1 is 1.14 bits per heavy atom. The van der Waals surface area contributed by atoms with Gasteiger partial charge < -0.3 is 0 Å². The first kappa shape index (κ1) is 13.2. The van der Waals surface area contributed by atoms with Crippen LogP contribution in [0.3, 0.4) is 0 Å². The SMILES string of the molecule is CCc1ccccc1-n1nnc(C=O)c1-c1ccncc1. The second-order valence-corrected chi connectivity index (χ2v) is 4.57. The Balaban J connectivity index is 2.25. The van der Waals surface area contributed by atoms with E-state index < -0.39 is 0 Å². The molecule has 0 saturated carbocycles. The Labute approximate surface area is 122 Å². The summed E-state index contributed by atoms with van der Waals surface area (Å²) in [6.07, 6.45) is 4.98. The highest BCUT2D eigenvalue weighted by Gasteiger charge is 2.17. The summed E-state index contributed by atoms with van der Waals surface area (Å²) in [6, 6.07) is 11.7. The van der Waals surface area contributed by atoms with Crippen LogP contribution in [0.15, 0.2) is 48.8 Å². The molecule has 5 nitrogen and oxygen atoms in total. The predicted octanol–water partition coefficient (Wildman–Crippen LogP) is 2.70. The van der Waals surface area contributed by atoms with Gasteiger partial charge in [-0.3, -0.25) is 9.78 Å². The molecule has 3 rings (SSSR count). The van der Waals surface area contributed by atoms with E-state index in [9.17, 15) is 4.79 Å². The molecular formula is C16H14N4O. The number of hydrogen-bond donors (Lipinski definition) is 0. The lowest BCUT2D eigenvalue weighted by molar-refractivity contribution is 0.111. The Bertz CT molecular complexity index is 765. The minimum Gasteiger partial charge on any atom is -0.296 e. The molecule has 0 aliphatic rings. The Hall–Kier alpha value is -2.82. The molecule has 0 unspecified atom stereocenters. The number of rotatable bonds is 4. The third-order valence-electron chi connectivity index (χ3n) is 3.36. The molecule has 0 spiro atoms. The van der Waals surface area contributed by atoms with Crippen molar-refractivity contribution in [3.63, 3.8) is 0 Å². The van der Waals surface area contributed by atoms with Crippen molar-refractivity contribution in [2.45, 2.75) is 13.3 Å². The summed E-state index contributed by atoms with van der Waals surface area (Å²) in [6.45, 7) is 2.09. The van der Waals surface area contributed by atoms with Crippen LogP contribution in [0.2, 0.25) is 0 Å². The minimum absolute atomic E-state index is 0.326. The summed E-state index contributed by atoms with van der Waals surface area (Å²) < 4.78 is 1.72. The largest absolute Gasteiger partial charge is 0.296 e. The lowest BCUT2D eigenvalue weighted by atomic mass is 10.1. The second kappa shape index (κ2) is 5.66. The number of aldehydes is 1. The molecule has 0 N–H and O–H groups in total. The number of nitrogens with zero attached hydrogens (tertiary/aromatic N) is 4. The molecule has 5 heteroatoms. The first-order valence-corrected chi connectivity index (χ1v) is 6.74. The number of aryl methyl sites for hydroxylation is 1. The molecule has 0 saturated heterocycles. The number of pyridine rings is 1. The molecule has 1 aromatic carbocycles. The quantitative estimate of drug-likeness (QED) is 0.688. The molecule has 0 bridgehead atoms.